The first-order chi connectivity index (χ1) is 14.7. The molecule has 2 aromatic carbocycles. The lowest BCUT2D eigenvalue weighted by molar-refractivity contribution is 0.101. The van der Waals surface area contributed by atoms with Gasteiger partial charge in [-0.25, -0.2) is 17.5 Å². The first kappa shape index (κ1) is 22.2. The number of hydrogen-bond donors (Lipinski definition) is 3. The van der Waals surface area contributed by atoms with Gasteiger partial charge in [0.05, 0.1) is 22.4 Å². The molecule has 3 rings (SSSR count). The Bertz CT molecular complexity index is 1220. The number of amides is 2. The Morgan fingerprint density at radius 2 is 1.71 bits per heavy atom. The molecule has 0 radical (unpaired) electrons. The van der Waals surface area contributed by atoms with Crippen LogP contribution >= 0.6 is 0 Å². The number of sulfonamides is 1. The highest BCUT2D eigenvalue weighted by atomic mass is 32.2. The fourth-order valence-corrected chi connectivity index (χ4v) is 3.81. The van der Waals surface area contributed by atoms with Gasteiger partial charge in [0.1, 0.15) is 11.6 Å². The van der Waals surface area contributed by atoms with Crippen molar-refractivity contribution in [2.24, 2.45) is 0 Å². The molecule has 0 bridgehead atoms. The number of carbonyl (C=O) groups excluding carboxylic acids is 2. The molecule has 8 nitrogen and oxygen atoms in total. The Labute approximate surface area is 178 Å². The van der Waals surface area contributed by atoms with E-state index in [2.05, 4.69) is 15.4 Å². The quantitative estimate of drug-likeness (QED) is 0.514. The van der Waals surface area contributed by atoms with Gasteiger partial charge in [0.15, 0.2) is 0 Å². The molecule has 3 N–H and O–H groups in total. The smallest absolute Gasteiger partial charge is 0.259 e. The lowest BCUT2D eigenvalue weighted by Gasteiger charge is -2.10. The van der Waals surface area contributed by atoms with Crippen molar-refractivity contribution in [1.82, 2.24) is 4.72 Å². The second-order valence-corrected chi connectivity index (χ2v) is 8.29. The average Bonchev–Trinajstić information content (AvgIpc) is 3.16. The molecule has 0 aliphatic rings. The Hall–Kier alpha value is -3.50. The minimum absolute atomic E-state index is 0.0345. The second kappa shape index (κ2) is 9.11. The fourth-order valence-electron chi connectivity index (χ4n) is 2.77. The summed E-state index contributed by atoms with van der Waals surface area (Å²) >= 11 is 0. The summed E-state index contributed by atoms with van der Waals surface area (Å²) in [5.41, 5.74) is 0.603. The number of rotatable bonds is 7. The van der Waals surface area contributed by atoms with Crippen LogP contribution in [0.1, 0.15) is 33.4 Å². The Balaban J connectivity index is 1.74. The number of anilines is 2. The van der Waals surface area contributed by atoms with Gasteiger partial charge in [-0.1, -0.05) is 6.92 Å². The van der Waals surface area contributed by atoms with Crippen LogP contribution in [0, 0.1) is 12.7 Å². The minimum Gasteiger partial charge on any atom is -0.469 e. The van der Waals surface area contributed by atoms with Crippen molar-refractivity contribution in [3.8, 4) is 0 Å². The molecule has 31 heavy (non-hydrogen) atoms. The van der Waals surface area contributed by atoms with Gasteiger partial charge in [0, 0.05) is 17.8 Å². The summed E-state index contributed by atoms with van der Waals surface area (Å²) in [6.07, 6.45) is 1.35. The predicted octanol–water partition coefficient (Wildman–Crippen LogP) is 3.53. The van der Waals surface area contributed by atoms with Gasteiger partial charge in [-0.2, -0.15) is 0 Å². The van der Waals surface area contributed by atoms with Crippen molar-refractivity contribution in [3.63, 3.8) is 0 Å². The van der Waals surface area contributed by atoms with Crippen LogP contribution in [0.3, 0.4) is 0 Å². The van der Waals surface area contributed by atoms with Gasteiger partial charge in [0.2, 0.25) is 10.0 Å². The zero-order chi connectivity index (χ0) is 22.6. The van der Waals surface area contributed by atoms with Gasteiger partial charge in [-0.3, -0.25) is 9.59 Å². The molecule has 0 aliphatic heterocycles. The Morgan fingerprint density at radius 1 is 1.00 bits per heavy atom. The highest BCUT2D eigenvalue weighted by Gasteiger charge is 2.16. The number of hydrogen-bond acceptors (Lipinski definition) is 5. The van der Waals surface area contributed by atoms with Crippen molar-refractivity contribution < 1.29 is 26.8 Å². The predicted molar refractivity (Wildman–Crippen MR) is 113 cm³/mol. The first-order valence-corrected chi connectivity index (χ1v) is 10.8. The number of aryl methyl sites for hydroxylation is 1. The summed E-state index contributed by atoms with van der Waals surface area (Å²) in [6, 6.07) is 10.6. The molecule has 1 heterocycles. The van der Waals surface area contributed by atoms with E-state index in [0.29, 0.717) is 5.76 Å². The third-order valence-electron chi connectivity index (χ3n) is 4.34. The molecular weight excluding hydrogens is 425 g/mol. The zero-order valence-corrected chi connectivity index (χ0v) is 17.5. The topological polar surface area (TPSA) is 118 Å². The maximum Gasteiger partial charge on any atom is 0.259 e. The first-order valence-electron chi connectivity index (χ1n) is 9.27. The number of carbonyl (C=O) groups is 2. The second-order valence-electron chi connectivity index (χ2n) is 6.52. The molecule has 0 saturated carbocycles. The van der Waals surface area contributed by atoms with Crippen molar-refractivity contribution in [3.05, 3.63) is 77.5 Å². The number of nitrogens with one attached hydrogen (secondary N) is 3. The molecule has 162 valence electrons. The van der Waals surface area contributed by atoms with Crippen LogP contribution in [0.25, 0.3) is 0 Å². The maximum absolute atomic E-state index is 14.1. The molecular formula is C21H20FN3O5S. The van der Waals surface area contributed by atoms with Crippen molar-refractivity contribution in [1.29, 1.82) is 0 Å². The van der Waals surface area contributed by atoms with Gasteiger partial charge in [-0.05, 0) is 55.5 Å². The van der Waals surface area contributed by atoms with E-state index < -0.39 is 27.7 Å². The molecule has 0 fully saturated rings. The van der Waals surface area contributed by atoms with Crippen LogP contribution in [0.5, 0.6) is 0 Å². The normalized spacial score (nSPS) is 11.2. The van der Waals surface area contributed by atoms with Gasteiger partial charge in [0.25, 0.3) is 11.8 Å². The SMILES string of the molecule is CCNS(=O)(=O)c1ccc(C(=O)Nc2ccc(F)c(NC(=O)c3ccoc3C)c2)cc1. The van der Waals surface area contributed by atoms with E-state index in [0.717, 1.165) is 6.07 Å². The summed E-state index contributed by atoms with van der Waals surface area (Å²) < 4.78 is 45.5. The van der Waals surface area contributed by atoms with Gasteiger partial charge in [-0.15, -0.1) is 0 Å². The summed E-state index contributed by atoms with van der Waals surface area (Å²) in [6.45, 7) is 3.51. The van der Waals surface area contributed by atoms with Gasteiger partial charge >= 0.3 is 0 Å². The number of furan rings is 1. The molecule has 0 aliphatic carbocycles. The minimum atomic E-state index is -3.63. The zero-order valence-electron chi connectivity index (χ0n) is 16.7. The van der Waals surface area contributed by atoms with E-state index >= 15 is 0 Å². The third-order valence-corrected chi connectivity index (χ3v) is 5.90. The van der Waals surface area contributed by atoms with Crippen LogP contribution in [0.2, 0.25) is 0 Å². The van der Waals surface area contributed by atoms with Crippen LogP contribution in [0.15, 0.2) is 64.1 Å². The average molecular weight is 445 g/mol. The van der Waals surface area contributed by atoms with Crippen molar-refractivity contribution in [2.45, 2.75) is 18.7 Å². The Kier molecular flexibility index (Phi) is 6.52. The number of halogens is 1. The van der Waals surface area contributed by atoms with E-state index in [-0.39, 0.29) is 33.9 Å². The number of benzene rings is 2. The molecule has 2 amide bonds. The van der Waals surface area contributed by atoms with E-state index in [9.17, 15) is 22.4 Å². The molecule has 0 saturated heterocycles. The summed E-state index contributed by atoms with van der Waals surface area (Å²) in [4.78, 5) is 24.8. The molecule has 1 aromatic heterocycles. The summed E-state index contributed by atoms with van der Waals surface area (Å²) in [5, 5.41) is 5.03. The lowest BCUT2D eigenvalue weighted by Crippen LogP contribution is -2.23. The van der Waals surface area contributed by atoms with E-state index in [1.165, 1.54) is 48.7 Å². The third kappa shape index (κ3) is 5.16. The molecule has 0 unspecified atom stereocenters. The highest BCUT2D eigenvalue weighted by Crippen LogP contribution is 2.22. The molecule has 10 heteroatoms. The van der Waals surface area contributed by atoms with E-state index in [4.69, 9.17) is 4.42 Å². The van der Waals surface area contributed by atoms with Gasteiger partial charge < -0.3 is 15.1 Å². The van der Waals surface area contributed by atoms with E-state index in [1.54, 1.807) is 13.8 Å². The van der Waals surface area contributed by atoms with Crippen LogP contribution in [-0.2, 0) is 10.0 Å². The summed E-state index contributed by atoms with van der Waals surface area (Å²) in [7, 11) is -3.63. The standard InChI is InChI=1S/C21H20FN3O5S/c1-3-23-31(28,29)16-7-4-14(5-8-16)20(26)24-15-6-9-18(22)19(12-15)25-21(27)17-10-11-30-13(17)2/h4-12,23H,3H2,1-2H3,(H,24,26)(H,25,27). The monoisotopic (exact) mass is 445 g/mol. The molecule has 3 aromatic rings. The Morgan fingerprint density at radius 3 is 2.32 bits per heavy atom. The van der Waals surface area contributed by atoms with Crippen molar-refractivity contribution >= 4 is 33.2 Å². The fraction of sp³-hybridized carbons (Fsp3) is 0.143. The largest absolute Gasteiger partial charge is 0.469 e. The molecule has 0 atom stereocenters. The molecule has 0 spiro atoms. The highest BCUT2D eigenvalue weighted by molar-refractivity contribution is 7.89. The summed E-state index contributed by atoms with van der Waals surface area (Å²) in [5.74, 6) is -1.36. The maximum atomic E-state index is 14.1. The van der Waals surface area contributed by atoms with Crippen LogP contribution in [-0.4, -0.2) is 26.8 Å². The van der Waals surface area contributed by atoms with Crippen LogP contribution < -0.4 is 15.4 Å². The van der Waals surface area contributed by atoms with E-state index in [1.807, 2.05) is 0 Å². The van der Waals surface area contributed by atoms with Crippen LogP contribution in [0.4, 0.5) is 15.8 Å². The lowest BCUT2D eigenvalue weighted by atomic mass is 10.2. The van der Waals surface area contributed by atoms with Crippen molar-refractivity contribution in [2.75, 3.05) is 17.2 Å².